The summed E-state index contributed by atoms with van der Waals surface area (Å²) >= 11 is 1.94. The predicted octanol–water partition coefficient (Wildman–Crippen LogP) is 7.04. The van der Waals surface area contributed by atoms with Crippen LogP contribution in [-0.2, 0) is 6.42 Å². The van der Waals surface area contributed by atoms with Crippen molar-refractivity contribution in [3.8, 4) is 22.9 Å². The number of aromatic hydroxyl groups is 1. The smallest absolute Gasteiger partial charge is 0.319 e. The lowest BCUT2D eigenvalue weighted by Gasteiger charge is -2.36. The second-order valence-electron chi connectivity index (χ2n) is 12.8. The highest BCUT2D eigenvalue weighted by Crippen LogP contribution is 2.44. The maximum Gasteiger partial charge on any atom is 0.319 e. The number of nitrogens with zero attached hydrogens (tertiary/aromatic N) is 4. The number of hydrogen-bond acceptors (Lipinski definition) is 7. The summed E-state index contributed by atoms with van der Waals surface area (Å²) < 4.78 is 52.6. The van der Waals surface area contributed by atoms with Crippen LogP contribution >= 0.6 is 11.8 Å². The van der Waals surface area contributed by atoms with Crippen LogP contribution in [0.15, 0.2) is 36.4 Å². The van der Waals surface area contributed by atoms with Crippen molar-refractivity contribution in [2.24, 2.45) is 0 Å². The van der Waals surface area contributed by atoms with Crippen LogP contribution in [0, 0.1) is 11.6 Å². The Balaban J connectivity index is 1.29. The molecule has 2 bridgehead atoms. The van der Waals surface area contributed by atoms with Crippen LogP contribution in [0.5, 0.6) is 11.8 Å². The Bertz CT molecular complexity index is 1770. The monoisotopic (exact) mass is 620 g/mol. The number of fused-ring (bicyclic) bond motifs is 5. The molecule has 10 heteroatoms. The van der Waals surface area contributed by atoms with Gasteiger partial charge in [-0.2, -0.15) is 21.7 Å². The maximum atomic E-state index is 16.9. The van der Waals surface area contributed by atoms with Gasteiger partial charge in [-0.3, -0.25) is 4.90 Å². The minimum atomic E-state index is -0.886. The summed E-state index contributed by atoms with van der Waals surface area (Å²) in [5.74, 6) is 1.66. The van der Waals surface area contributed by atoms with Crippen LogP contribution in [0.3, 0.4) is 0 Å². The molecule has 8 rings (SSSR count). The van der Waals surface area contributed by atoms with Crippen molar-refractivity contribution >= 4 is 39.3 Å². The van der Waals surface area contributed by atoms with E-state index in [-0.39, 0.29) is 40.8 Å². The highest BCUT2D eigenvalue weighted by molar-refractivity contribution is 7.99. The molecule has 0 amide bonds. The number of phenols is 1. The van der Waals surface area contributed by atoms with Crippen molar-refractivity contribution in [3.05, 3.63) is 53.6 Å². The van der Waals surface area contributed by atoms with Gasteiger partial charge < -0.3 is 14.7 Å². The minimum absolute atomic E-state index is 0.0291. The van der Waals surface area contributed by atoms with Gasteiger partial charge in [0.05, 0.1) is 5.54 Å². The molecule has 0 saturated carbocycles. The molecular weight excluding hydrogens is 585 g/mol. The van der Waals surface area contributed by atoms with Gasteiger partial charge in [0.25, 0.3) is 0 Å². The summed E-state index contributed by atoms with van der Waals surface area (Å²) in [6.45, 7) is 3.37. The zero-order valence-corrected chi connectivity index (χ0v) is 25.5. The second-order valence-corrected chi connectivity index (χ2v) is 13.9. The Morgan fingerprint density at radius 3 is 2.68 bits per heavy atom. The van der Waals surface area contributed by atoms with Crippen LogP contribution in [0.2, 0.25) is 0 Å². The SMILES string of the molecule is CCc1c(F)ccc2cc(O)cc(-c3ccc4c(N5C6CCC5CSC6)nc(OC[C@@]56CCCN5C[C@H](F)C6)nc4c3F)c12. The van der Waals surface area contributed by atoms with E-state index in [1.807, 2.05) is 24.8 Å². The quantitative estimate of drug-likeness (QED) is 0.248. The van der Waals surface area contributed by atoms with Crippen molar-refractivity contribution in [3.63, 3.8) is 0 Å². The van der Waals surface area contributed by atoms with Gasteiger partial charge >= 0.3 is 6.01 Å². The summed E-state index contributed by atoms with van der Waals surface area (Å²) in [6.07, 6.45) is 3.89. The third-order valence-electron chi connectivity index (χ3n) is 10.3. The van der Waals surface area contributed by atoms with Crippen LogP contribution in [-0.4, -0.2) is 75.0 Å². The molecule has 5 heterocycles. The van der Waals surface area contributed by atoms with Gasteiger partial charge in [-0.05, 0) is 84.8 Å². The van der Waals surface area contributed by atoms with Crippen LogP contribution in [0.25, 0.3) is 32.8 Å². The average molecular weight is 621 g/mol. The van der Waals surface area contributed by atoms with Crippen molar-refractivity contribution in [1.29, 1.82) is 0 Å². The molecule has 0 spiro atoms. The third kappa shape index (κ3) is 4.42. The summed E-state index contributed by atoms with van der Waals surface area (Å²) in [5.41, 5.74) is 0.841. The molecule has 0 aliphatic carbocycles. The second kappa shape index (κ2) is 10.7. The highest BCUT2D eigenvalue weighted by atomic mass is 32.2. The van der Waals surface area contributed by atoms with Gasteiger partial charge in [0, 0.05) is 47.5 Å². The Morgan fingerprint density at radius 2 is 1.89 bits per heavy atom. The van der Waals surface area contributed by atoms with Crippen molar-refractivity contribution in [2.75, 3.05) is 36.1 Å². The number of hydrogen-bond donors (Lipinski definition) is 1. The molecule has 0 radical (unpaired) electrons. The summed E-state index contributed by atoms with van der Waals surface area (Å²) in [7, 11) is 0. The number of benzene rings is 3. The molecular formula is C34H35F3N4O2S. The molecule has 1 aromatic heterocycles. The topological polar surface area (TPSA) is 61.7 Å². The van der Waals surface area contributed by atoms with E-state index in [2.05, 4.69) is 14.8 Å². The van der Waals surface area contributed by atoms with E-state index in [9.17, 15) is 13.9 Å². The number of rotatable bonds is 6. The van der Waals surface area contributed by atoms with Crippen molar-refractivity contribution < 1.29 is 23.0 Å². The van der Waals surface area contributed by atoms with Gasteiger partial charge in [0.2, 0.25) is 0 Å². The first-order valence-electron chi connectivity index (χ1n) is 15.7. The number of alkyl halides is 1. The number of aryl methyl sites for hydroxylation is 1. The molecule has 44 heavy (non-hydrogen) atoms. The summed E-state index contributed by atoms with van der Waals surface area (Å²) in [5, 5.41) is 12.4. The van der Waals surface area contributed by atoms with Crippen LogP contribution in [0.1, 0.15) is 44.6 Å². The molecule has 230 valence electrons. The van der Waals surface area contributed by atoms with Gasteiger partial charge in [-0.1, -0.05) is 19.1 Å². The molecule has 4 aliphatic heterocycles. The lowest BCUT2D eigenvalue weighted by Crippen LogP contribution is -2.44. The Morgan fingerprint density at radius 1 is 1.07 bits per heavy atom. The van der Waals surface area contributed by atoms with Gasteiger partial charge in [0.15, 0.2) is 5.82 Å². The molecule has 4 saturated heterocycles. The first-order valence-corrected chi connectivity index (χ1v) is 16.8. The molecule has 3 aromatic carbocycles. The lowest BCUT2D eigenvalue weighted by atomic mass is 9.92. The summed E-state index contributed by atoms with van der Waals surface area (Å²) in [6, 6.07) is 10.3. The molecule has 4 aromatic rings. The standard InChI is InChI=1S/C34H35F3N4O2S/c1-2-24-28(36)9-4-19-12-23(42)13-27(29(19)24)25-7-8-26-31(30(25)37)38-33(39-32(26)41-21-5-6-22(41)17-44-16-21)43-18-34-10-3-11-40(34)15-20(35)14-34/h4,7-9,12-13,20-22,42H,2-3,5-6,10-11,14-18H2,1H3/t20-,21?,22?,34+/m1/s1. The number of ether oxygens (including phenoxy) is 1. The molecule has 2 unspecified atom stereocenters. The van der Waals surface area contributed by atoms with E-state index in [4.69, 9.17) is 9.72 Å². The van der Waals surface area contributed by atoms with E-state index in [1.54, 1.807) is 18.2 Å². The van der Waals surface area contributed by atoms with Crippen LogP contribution < -0.4 is 9.64 Å². The van der Waals surface area contributed by atoms with Crippen LogP contribution in [0.4, 0.5) is 19.0 Å². The molecule has 4 aliphatic rings. The zero-order chi connectivity index (χ0) is 30.2. The van der Waals surface area contributed by atoms with Gasteiger partial charge in [-0.25, -0.2) is 13.2 Å². The van der Waals surface area contributed by atoms with E-state index < -0.39 is 12.0 Å². The lowest BCUT2D eigenvalue weighted by molar-refractivity contribution is 0.107. The fourth-order valence-corrected chi connectivity index (χ4v) is 9.61. The van der Waals surface area contributed by atoms with E-state index in [0.717, 1.165) is 43.7 Å². The number of halogens is 3. The van der Waals surface area contributed by atoms with Crippen molar-refractivity contribution in [1.82, 2.24) is 14.9 Å². The first-order chi connectivity index (χ1) is 21.3. The van der Waals surface area contributed by atoms with Crippen molar-refractivity contribution in [2.45, 2.75) is 69.2 Å². The summed E-state index contributed by atoms with van der Waals surface area (Å²) in [4.78, 5) is 14.1. The average Bonchev–Trinajstić information content (AvgIpc) is 3.62. The number of thioether (sulfide) groups is 1. The Hall–Kier alpha value is -3.24. The first kappa shape index (κ1) is 28.2. The molecule has 4 atom stereocenters. The van der Waals surface area contributed by atoms with E-state index in [1.165, 1.54) is 12.1 Å². The fourth-order valence-electron chi connectivity index (χ4n) is 8.28. The fraction of sp³-hybridized carbons (Fsp3) is 0.471. The number of aromatic nitrogens is 2. The predicted molar refractivity (Wildman–Crippen MR) is 169 cm³/mol. The third-order valence-corrected chi connectivity index (χ3v) is 11.5. The van der Waals surface area contributed by atoms with E-state index in [0.29, 0.717) is 64.6 Å². The normalized spacial score (nSPS) is 26.6. The molecule has 1 N–H and O–H groups in total. The largest absolute Gasteiger partial charge is 0.508 e. The molecule has 4 fully saturated rings. The Labute approximate surface area is 258 Å². The minimum Gasteiger partial charge on any atom is -0.508 e. The number of phenolic OH excluding ortho intramolecular Hbond substituents is 1. The van der Waals surface area contributed by atoms with Gasteiger partial charge in [-0.15, -0.1) is 0 Å². The Kier molecular flexibility index (Phi) is 6.86. The van der Waals surface area contributed by atoms with Gasteiger partial charge in [0.1, 0.15) is 35.7 Å². The number of anilines is 1. The maximum absolute atomic E-state index is 16.9. The highest BCUT2D eigenvalue weighted by Gasteiger charge is 2.49. The molecule has 6 nitrogen and oxygen atoms in total. The van der Waals surface area contributed by atoms with E-state index >= 15 is 4.39 Å². The zero-order valence-electron chi connectivity index (χ0n) is 24.7.